The van der Waals surface area contributed by atoms with E-state index in [-0.39, 0.29) is 5.82 Å². The van der Waals surface area contributed by atoms with E-state index < -0.39 is 0 Å². The Balaban J connectivity index is 2.55. The lowest BCUT2D eigenvalue weighted by atomic mass is 10.0. The predicted octanol–water partition coefficient (Wildman–Crippen LogP) is 4.56. The van der Waals surface area contributed by atoms with Gasteiger partial charge in [0.2, 0.25) is 0 Å². The summed E-state index contributed by atoms with van der Waals surface area (Å²) in [5.74, 6) is -0.229. The molecular formula is C13H10BrF. The largest absolute Gasteiger partial charge is 0.206 e. The quantitative estimate of drug-likeness (QED) is 0.708. The van der Waals surface area contributed by atoms with Crippen LogP contribution in [0.1, 0.15) is 5.56 Å². The highest BCUT2D eigenvalue weighted by Crippen LogP contribution is 2.27. The molecule has 2 aromatic rings. The van der Waals surface area contributed by atoms with Gasteiger partial charge in [0, 0.05) is 0 Å². The van der Waals surface area contributed by atoms with E-state index in [0.29, 0.717) is 4.47 Å². The van der Waals surface area contributed by atoms with Crippen molar-refractivity contribution in [3.05, 3.63) is 58.3 Å². The molecule has 0 fully saturated rings. The molecule has 0 N–H and O–H groups in total. The first-order valence-electron chi connectivity index (χ1n) is 4.69. The maximum atomic E-state index is 13.1. The van der Waals surface area contributed by atoms with Crippen LogP contribution in [0, 0.1) is 12.7 Å². The molecule has 0 aliphatic carbocycles. The summed E-state index contributed by atoms with van der Waals surface area (Å²) in [6.45, 7) is 2.05. The summed E-state index contributed by atoms with van der Waals surface area (Å²) in [6.07, 6.45) is 0. The van der Waals surface area contributed by atoms with E-state index in [9.17, 15) is 4.39 Å². The molecule has 0 aliphatic heterocycles. The fourth-order valence-corrected chi connectivity index (χ4v) is 1.94. The van der Waals surface area contributed by atoms with Crippen LogP contribution in [0.4, 0.5) is 4.39 Å². The summed E-state index contributed by atoms with van der Waals surface area (Å²) < 4.78 is 13.6. The van der Waals surface area contributed by atoms with Crippen molar-refractivity contribution in [2.75, 3.05) is 0 Å². The van der Waals surface area contributed by atoms with Crippen molar-refractivity contribution >= 4 is 15.9 Å². The lowest BCUT2D eigenvalue weighted by Gasteiger charge is -2.06. The van der Waals surface area contributed by atoms with Gasteiger partial charge in [0.05, 0.1) is 4.47 Å². The zero-order valence-electron chi connectivity index (χ0n) is 8.30. The Hall–Kier alpha value is -1.15. The Morgan fingerprint density at radius 3 is 2.47 bits per heavy atom. The summed E-state index contributed by atoms with van der Waals surface area (Å²) in [7, 11) is 0. The van der Waals surface area contributed by atoms with Crippen LogP contribution >= 0.6 is 15.9 Å². The minimum absolute atomic E-state index is 0.229. The molecule has 0 atom stereocenters. The smallest absolute Gasteiger partial charge is 0.137 e. The molecule has 76 valence electrons. The molecular weight excluding hydrogens is 255 g/mol. The van der Waals surface area contributed by atoms with E-state index in [2.05, 4.69) is 15.9 Å². The molecule has 0 bridgehead atoms. The number of hydrogen-bond acceptors (Lipinski definition) is 0. The second kappa shape index (κ2) is 4.15. The van der Waals surface area contributed by atoms with Gasteiger partial charge in [-0.2, -0.15) is 0 Å². The average Bonchev–Trinajstić information content (AvgIpc) is 2.23. The highest BCUT2D eigenvalue weighted by atomic mass is 79.9. The second-order valence-electron chi connectivity index (χ2n) is 3.44. The molecule has 0 aromatic heterocycles. The molecule has 0 heterocycles. The summed E-state index contributed by atoms with van der Waals surface area (Å²) in [5, 5.41) is 0. The number of rotatable bonds is 1. The molecule has 0 amide bonds. The van der Waals surface area contributed by atoms with Gasteiger partial charge in [0.1, 0.15) is 5.82 Å². The average molecular weight is 265 g/mol. The van der Waals surface area contributed by atoms with Crippen molar-refractivity contribution in [1.82, 2.24) is 0 Å². The molecule has 2 rings (SSSR count). The number of benzene rings is 2. The van der Waals surface area contributed by atoms with Crippen LogP contribution < -0.4 is 0 Å². The molecule has 0 saturated carbocycles. The van der Waals surface area contributed by atoms with E-state index in [0.717, 1.165) is 11.1 Å². The fraction of sp³-hybridized carbons (Fsp3) is 0.0769. The second-order valence-corrected chi connectivity index (χ2v) is 4.30. The Kier molecular flexibility index (Phi) is 2.87. The zero-order valence-corrected chi connectivity index (χ0v) is 9.88. The Morgan fingerprint density at radius 2 is 1.80 bits per heavy atom. The van der Waals surface area contributed by atoms with E-state index in [1.54, 1.807) is 12.1 Å². The van der Waals surface area contributed by atoms with E-state index in [1.165, 1.54) is 11.6 Å². The van der Waals surface area contributed by atoms with E-state index >= 15 is 0 Å². The first-order valence-corrected chi connectivity index (χ1v) is 5.49. The van der Waals surface area contributed by atoms with Crippen molar-refractivity contribution in [3.63, 3.8) is 0 Å². The Labute approximate surface area is 96.9 Å². The number of aryl methyl sites for hydroxylation is 1. The van der Waals surface area contributed by atoms with Crippen molar-refractivity contribution < 1.29 is 4.39 Å². The molecule has 0 radical (unpaired) electrons. The number of halogens is 2. The van der Waals surface area contributed by atoms with Gasteiger partial charge in [-0.15, -0.1) is 0 Å². The van der Waals surface area contributed by atoms with Crippen LogP contribution in [0.5, 0.6) is 0 Å². The van der Waals surface area contributed by atoms with Crippen molar-refractivity contribution in [2.24, 2.45) is 0 Å². The Morgan fingerprint density at radius 1 is 1.07 bits per heavy atom. The van der Waals surface area contributed by atoms with Gasteiger partial charge < -0.3 is 0 Å². The van der Waals surface area contributed by atoms with Crippen LogP contribution in [-0.4, -0.2) is 0 Å². The van der Waals surface area contributed by atoms with Crippen LogP contribution in [0.3, 0.4) is 0 Å². The van der Waals surface area contributed by atoms with Gasteiger partial charge in [-0.3, -0.25) is 0 Å². The van der Waals surface area contributed by atoms with Crippen molar-refractivity contribution in [1.29, 1.82) is 0 Å². The first kappa shape index (κ1) is 10.4. The summed E-state index contributed by atoms with van der Waals surface area (Å²) >= 11 is 3.19. The normalized spacial score (nSPS) is 10.3. The van der Waals surface area contributed by atoms with Gasteiger partial charge >= 0.3 is 0 Å². The topological polar surface area (TPSA) is 0 Å². The molecule has 15 heavy (non-hydrogen) atoms. The first-order chi connectivity index (χ1) is 7.18. The van der Waals surface area contributed by atoms with E-state index in [1.807, 2.05) is 31.2 Å². The monoisotopic (exact) mass is 264 g/mol. The molecule has 2 aromatic carbocycles. The lowest BCUT2D eigenvalue weighted by Crippen LogP contribution is -1.84. The highest BCUT2D eigenvalue weighted by molar-refractivity contribution is 9.10. The third-order valence-corrected chi connectivity index (χ3v) is 2.98. The molecule has 0 unspecified atom stereocenters. The minimum Gasteiger partial charge on any atom is -0.206 e. The van der Waals surface area contributed by atoms with Crippen LogP contribution in [0.25, 0.3) is 11.1 Å². The maximum Gasteiger partial charge on any atom is 0.137 e. The Bertz CT molecular complexity index is 492. The van der Waals surface area contributed by atoms with Crippen LogP contribution in [0.15, 0.2) is 46.9 Å². The number of hydrogen-bond donors (Lipinski definition) is 0. The van der Waals surface area contributed by atoms with Crippen LogP contribution in [0.2, 0.25) is 0 Å². The molecule has 0 spiro atoms. The van der Waals surface area contributed by atoms with E-state index in [4.69, 9.17) is 0 Å². The standard InChI is InChI=1S/C13H10BrF/c1-9-4-2-3-5-11(9)10-6-7-13(15)12(14)8-10/h2-8H,1H3. The lowest BCUT2D eigenvalue weighted by molar-refractivity contribution is 0.621. The zero-order chi connectivity index (χ0) is 10.8. The predicted molar refractivity (Wildman–Crippen MR) is 64.3 cm³/mol. The van der Waals surface area contributed by atoms with Crippen LogP contribution in [-0.2, 0) is 0 Å². The fourth-order valence-electron chi connectivity index (χ4n) is 1.56. The van der Waals surface area contributed by atoms with Gasteiger partial charge in [0.25, 0.3) is 0 Å². The minimum atomic E-state index is -0.229. The third-order valence-electron chi connectivity index (χ3n) is 2.38. The highest BCUT2D eigenvalue weighted by Gasteiger charge is 2.04. The molecule has 0 aliphatic rings. The third kappa shape index (κ3) is 2.10. The molecule has 0 saturated heterocycles. The van der Waals surface area contributed by atoms with Crippen molar-refractivity contribution in [2.45, 2.75) is 6.92 Å². The SMILES string of the molecule is Cc1ccccc1-c1ccc(F)c(Br)c1. The molecule has 0 nitrogen and oxygen atoms in total. The van der Waals surface area contributed by atoms with Gasteiger partial charge in [-0.25, -0.2) is 4.39 Å². The van der Waals surface area contributed by atoms with Gasteiger partial charge in [-0.05, 0) is 51.7 Å². The molecule has 2 heteroatoms. The summed E-state index contributed by atoms with van der Waals surface area (Å²) in [6, 6.07) is 13.1. The van der Waals surface area contributed by atoms with Gasteiger partial charge in [-0.1, -0.05) is 30.3 Å². The summed E-state index contributed by atoms with van der Waals surface area (Å²) in [4.78, 5) is 0. The van der Waals surface area contributed by atoms with Gasteiger partial charge in [0.15, 0.2) is 0 Å². The summed E-state index contributed by atoms with van der Waals surface area (Å²) in [5.41, 5.74) is 3.36. The van der Waals surface area contributed by atoms with Crippen molar-refractivity contribution in [3.8, 4) is 11.1 Å². The maximum absolute atomic E-state index is 13.1.